The van der Waals surface area contributed by atoms with E-state index in [2.05, 4.69) is 5.32 Å². The molecule has 0 spiro atoms. The van der Waals surface area contributed by atoms with E-state index in [-0.39, 0.29) is 28.1 Å². The molecule has 4 rings (SSSR count). The minimum Gasteiger partial charge on any atom is -0.366 e. The minimum absolute atomic E-state index is 0.0492. The molecule has 216 valence electrons. The van der Waals surface area contributed by atoms with Crippen molar-refractivity contribution < 1.29 is 43.0 Å². The topological polar surface area (TPSA) is 169 Å². The number of carbonyl (C=O) groups is 1. The van der Waals surface area contributed by atoms with E-state index in [1.54, 1.807) is 74.5 Å². The number of nitrogens with one attached hydrogen (secondary N) is 1. The van der Waals surface area contributed by atoms with E-state index in [4.69, 9.17) is 0 Å². The summed E-state index contributed by atoms with van der Waals surface area (Å²) in [6.07, 6.45) is 0. The highest BCUT2D eigenvalue weighted by Gasteiger charge is 2.60. The van der Waals surface area contributed by atoms with Crippen LogP contribution in [0.25, 0.3) is 22.4 Å². The lowest BCUT2D eigenvalue weighted by atomic mass is 9.94. The first-order valence-corrected chi connectivity index (χ1v) is 15.7. The number of hydrogen-bond donors (Lipinski definition) is 6. The summed E-state index contributed by atoms with van der Waals surface area (Å²) in [7, 11) is -11.8. The third-order valence-corrected chi connectivity index (χ3v) is 10.3. The van der Waals surface area contributed by atoms with Crippen molar-refractivity contribution in [2.45, 2.75) is 31.4 Å². The van der Waals surface area contributed by atoms with Crippen molar-refractivity contribution in [2.24, 2.45) is 0 Å². The molecule has 0 bridgehead atoms. The summed E-state index contributed by atoms with van der Waals surface area (Å²) in [6.45, 7) is 2.09. The maximum atomic E-state index is 14.0. The van der Waals surface area contributed by atoms with E-state index in [9.17, 15) is 43.0 Å². The molecular weight excluding hydrogens is 573 g/mol. The highest BCUT2D eigenvalue weighted by molar-refractivity contribution is 7.72. The summed E-state index contributed by atoms with van der Waals surface area (Å²) in [5.41, 5.74) is 1.74. The van der Waals surface area contributed by atoms with Crippen LogP contribution in [0.5, 0.6) is 0 Å². The molecule has 1 heterocycles. The number of carbonyl (C=O) groups excluding carboxylic acids is 1. The van der Waals surface area contributed by atoms with Gasteiger partial charge in [-0.15, -0.1) is 0 Å². The molecule has 4 aromatic rings. The first kappa shape index (κ1) is 30.6. The molecule has 1 aromatic heterocycles. The molecule has 0 saturated heterocycles. The van der Waals surface area contributed by atoms with Gasteiger partial charge in [-0.25, -0.2) is 4.39 Å². The van der Waals surface area contributed by atoms with Crippen molar-refractivity contribution in [3.63, 3.8) is 0 Å². The fraction of sp³-hybridized carbons (Fsp3) is 0.179. The number of aromatic nitrogens is 1. The van der Waals surface area contributed by atoms with E-state index in [0.717, 1.165) is 16.7 Å². The van der Waals surface area contributed by atoms with Gasteiger partial charge in [-0.1, -0.05) is 62.4 Å². The SMILES string of the molecule is CC(C)c1c(C(=O)Nc2ccccc2)c(-c2ccccc2)c(-c2ccc(F)cc2)n1CC(O)(P(=O)(O)O)P(=O)(O)O. The Hall–Kier alpha value is -3.40. The van der Waals surface area contributed by atoms with E-state index in [1.165, 1.54) is 12.1 Å². The summed E-state index contributed by atoms with van der Waals surface area (Å²) in [4.78, 5) is 53.9. The lowest BCUT2D eigenvalue weighted by molar-refractivity contribution is 0.102. The van der Waals surface area contributed by atoms with Crippen molar-refractivity contribution >= 4 is 26.8 Å². The van der Waals surface area contributed by atoms with Crippen LogP contribution in [0.2, 0.25) is 0 Å². The number of anilines is 1. The molecule has 0 saturated carbocycles. The zero-order valence-corrected chi connectivity index (χ0v) is 23.8. The predicted molar refractivity (Wildman–Crippen MR) is 153 cm³/mol. The van der Waals surface area contributed by atoms with Crippen LogP contribution >= 0.6 is 15.2 Å². The Kier molecular flexibility index (Phi) is 8.55. The number of nitrogens with zero attached hydrogens (tertiary/aromatic N) is 1. The second kappa shape index (κ2) is 11.5. The zero-order valence-electron chi connectivity index (χ0n) is 22.0. The Morgan fingerprint density at radius 2 is 1.37 bits per heavy atom. The fourth-order valence-electron chi connectivity index (χ4n) is 4.71. The van der Waals surface area contributed by atoms with Crippen molar-refractivity contribution in [3.8, 4) is 22.4 Å². The number of para-hydroxylation sites is 1. The molecule has 0 unspecified atom stereocenters. The summed E-state index contributed by atoms with van der Waals surface area (Å²) < 4.78 is 40.0. The number of benzene rings is 3. The van der Waals surface area contributed by atoms with E-state index in [0.29, 0.717) is 11.3 Å². The van der Waals surface area contributed by atoms with Gasteiger partial charge in [0.05, 0.1) is 17.8 Å². The lowest BCUT2D eigenvalue weighted by Gasteiger charge is -2.31. The monoisotopic (exact) mass is 602 g/mol. The van der Waals surface area contributed by atoms with Crippen LogP contribution in [0.4, 0.5) is 10.1 Å². The second-order valence-corrected chi connectivity index (χ2v) is 13.8. The third kappa shape index (κ3) is 5.98. The van der Waals surface area contributed by atoms with Crippen LogP contribution in [0, 0.1) is 5.82 Å². The van der Waals surface area contributed by atoms with Crippen LogP contribution in [0.1, 0.15) is 35.8 Å². The average molecular weight is 602 g/mol. The molecule has 10 nitrogen and oxygen atoms in total. The highest BCUT2D eigenvalue weighted by Crippen LogP contribution is 2.68. The standard InChI is InChI=1S/C28H29FN2O8P2/c1-18(2)25-24(27(32)30-22-11-7-4-8-12-22)23(19-9-5-3-6-10-19)26(20-13-15-21(29)16-14-20)31(25)17-28(33,40(34,35)36)41(37,38)39/h3-16,18,33H,17H2,1-2H3,(H,30,32)(H2,34,35,36)(H2,37,38,39). The quantitative estimate of drug-likeness (QED) is 0.140. The van der Waals surface area contributed by atoms with Gasteiger partial charge in [-0.2, -0.15) is 0 Å². The van der Waals surface area contributed by atoms with Gasteiger partial charge in [-0.3, -0.25) is 13.9 Å². The molecule has 0 radical (unpaired) electrons. The summed E-state index contributed by atoms with van der Waals surface area (Å²) in [5, 5.41) is 9.97. The van der Waals surface area contributed by atoms with Crippen LogP contribution < -0.4 is 5.32 Å². The van der Waals surface area contributed by atoms with E-state index < -0.39 is 44.5 Å². The predicted octanol–water partition coefficient (Wildman–Crippen LogP) is 5.34. The smallest absolute Gasteiger partial charge is 0.366 e. The molecule has 13 heteroatoms. The van der Waals surface area contributed by atoms with E-state index in [1.807, 2.05) is 0 Å². The van der Waals surface area contributed by atoms with Gasteiger partial charge in [0.15, 0.2) is 0 Å². The molecule has 41 heavy (non-hydrogen) atoms. The molecule has 0 fully saturated rings. The van der Waals surface area contributed by atoms with Crippen LogP contribution in [0.3, 0.4) is 0 Å². The molecule has 6 N–H and O–H groups in total. The van der Waals surface area contributed by atoms with Crippen molar-refractivity contribution in [2.75, 3.05) is 5.32 Å². The maximum absolute atomic E-state index is 14.0. The number of halogens is 1. The number of amides is 1. The Balaban J connectivity index is 2.16. The molecule has 0 aliphatic heterocycles. The summed E-state index contributed by atoms with van der Waals surface area (Å²) >= 11 is 0. The lowest BCUT2D eigenvalue weighted by Crippen LogP contribution is -2.35. The van der Waals surface area contributed by atoms with Gasteiger partial charge in [-0.05, 0) is 53.4 Å². The van der Waals surface area contributed by atoms with E-state index >= 15 is 0 Å². The summed E-state index contributed by atoms with van der Waals surface area (Å²) in [5.74, 6) is -1.76. The highest BCUT2D eigenvalue weighted by atomic mass is 31.2. The van der Waals surface area contributed by atoms with Gasteiger partial charge in [0.25, 0.3) is 11.0 Å². The largest absolute Gasteiger partial charge is 0.371 e. The Labute approximate surface area is 235 Å². The van der Waals surface area contributed by atoms with Gasteiger partial charge >= 0.3 is 15.2 Å². The first-order chi connectivity index (χ1) is 19.2. The average Bonchev–Trinajstić information content (AvgIpc) is 3.24. The zero-order chi connectivity index (χ0) is 30.2. The minimum atomic E-state index is -5.89. The molecule has 0 atom stereocenters. The molecular formula is C28H29FN2O8P2. The van der Waals surface area contributed by atoms with Crippen molar-refractivity contribution in [1.82, 2.24) is 4.57 Å². The van der Waals surface area contributed by atoms with Crippen molar-refractivity contribution in [3.05, 3.63) is 102 Å². The number of rotatable bonds is 9. The molecule has 0 aliphatic carbocycles. The number of hydrogen-bond acceptors (Lipinski definition) is 4. The number of aliphatic hydroxyl groups is 1. The van der Waals surface area contributed by atoms with Crippen LogP contribution in [-0.2, 0) is 15.7 Å². The van der Waals surface area contributed by atoms with Gasteiger partial charge in [0.1, 0.15) is 5.82 Å². The fourth-order valence-corrected chi connectivity index (χ4v) is 6.72. The van der Waals surface area contributed by atoms with Crippen LogP contribution in [-0.4, -0.2) is 40.2 Å². The molecule has 3 aromatic carbocycles. The third-order valence-electron chi connectivity index (χ3n) is 6.59. The van der Waals surface area contributed by atoms with Gasteiger partial charge in [0.2, 0.25) is 0 Å². The Morgan fingerprint density at radius 3 is 1.85 bits per heavy atom. The van der Waals surface area contributed by atoms with Crippen LogP contribution in [0.15, 0.2) is 84.9 Å². The molecule has 0 aliphatic rings. The first-order valence-electron chi connectivity index (χ1n) is 12.4. The Morgan fingerprint density at radius 1 is 0.854 bits per heavy atom. The van der Waals surface area contributed by atoms with Crippen molar-refractivity contribution in [1.29, 1.82) is 0 Å². The van der Waals surface area contributed by atoms with Gasteiger partial charge in [0, 0.05) is 16.9 Å². The molecule has 1 amide bonds. The Bertz CT molecular complexity index is 1620. The summed E-state index contributed by atoms with van der Waals surface area (Å²) in [6, 6.07) is 22.0. The second-order valence-electron chi connectivity index (χ2n) is 9.78. The maximum Gasteiger partial charge on any atom is 0.371 e. The normalized spacial score (nSPS) is 12.5. The van der Waals surface area contributed by atoms with Gasteiger partial charge < -0.3 is 34.6 Å².